The first kappa shape index (κ1) is 5.69. The molecule has 1 aliphatic heterocycles. The van der Waals surface area contributed by atoms with Crippen LogP contribution in [-0.2, 0) is 4.84 Å². The van der Waals surface area contributed by atoms with Gasteiger partial charge in [0.1, 0.15) is 0 Å². The second-order valence-electron chi connectivity index (χ2n) is 3.23. The molecule has 2 nitrogen and oxygen atoms in total. The van der Waals surface area contributed by atoms with Crippen LogP contribution < -0.4 is 5.48 Å². The molecule has 0 radical (unpaired) electrons. The Bertz CT molecular complexity index is 101. The van der Waals surface area contributed by atoms with Crippen molar-refractivity contribution in [3.63, 3.8) is 0 Å². The summed E-state index contributed by atoms with van der Waals surface area (Å²) in [4.78, 5) is 4.97. The van der Waals surface area contributed by atoms with Gasteiger partial charge < -0.3 is 0 Å². The Morgan fingerprint density at radius 1 is 1.11 bits per heavy atom. The molecule has 0 aromatic rings. The SMILES string of the molecule is C1CCC2(CC1)CON2. The number of hydrogen-bond donors (Lipinski definition) is 1. The van der Waals surface area contributed by atoms with Gasteiger partial charge in [-0.2, -0.15) is 5.48 Å². The maximum atomic E-state index is 4.97. The summed E-state index contributed by atoms with van der Waals surface area (Å²) in [7, 11) is 0. The van der Waals surface area contributed by atoms with Crippen molar-refractivity contribution in [1.29, 1.82) is 0 Å². The molecule has 1 N–H and O–H groups in total. The van der Waals surface area contributed by atoms with E-state index in [4.69, 9.17) is 4.84 Å². The van der Waals surface area contributed by atoms with E-state index in [1.165, 1.54) is 32.1 Å². The van der Waals surface area contributed by atoms with E-state index in [1.54, 1.807) is 0 Å². The highest BCUT2D eigenvalue weighted by atomic mass is 16.7. The molecule has 0 bridgehead atoms. The van der Waals surface area contributed by atoms with Crippen molar-refractivity contribution in [1.82, 2.24) is 5.48 Å². The monoisotopic (exact) mass is 127 g/mol. The van der Waals surface area contributed by atoms with Crippen LogP contribution in [0.5, 0.6) is 0 Å². The fourth-order valence-corrected chi connectivity index (χ4v) is 1.75. The second-order valence-corrected chi connectivity index (χ2v) is 3.23. The highest BCUT2D eigenvalue weighted by Gasteiger charge is 2.38. The molecule has 0 aromatic carbocycles. The Morgan fingerprint density at radius 3 is 2.11 bits per heavy atom. The van der Waals surface area contributed by atoms with Gasteiger partial charge in [0.2, 0.25) is 0 Å². The van der Waals surface area contributed by atoms with Crippen molar-refractivity contribution in [2.75, 3.05) is 6.61 Å². The largest absolute Gasteiger partial charge is 0.299 e. The van der Waals surface area contributed by atoms with Crippen molar-refractivity contribution in [3.05, 3.63) is 0 Å². The van der Waals surface area contributed by atoms with Gasteiger partial charge >= 0.3 is 0 Å². The summed E-state index contributed by atoms with van der Waals surface area (Å²) in [6, 6.07) is 0. The molecule has 52 valence electrons. The Kier molecular flexibility index (Phi) is 1.24. The smallest absolute Gasteiger partial charge is 0.0886 e. The van der Waals surface area contributed by atoms with E-state index in [1.807, 2.05) is 0 Å². The van der Waals surface area contributed by atoms with Gasteiger partial charge in [-0.05, 0) is 12.8 Å². The van der Waals surface area contributed by atoms with Crippen LogP contribution in [0.15, 0.2) is 0 Å². The van der Waals surface area contributed by atoms with E-state index in [2.05, 4.69) is 5.48 Å². The average molecular weight is 127 g/mol. The van der Waals surface area contributed by atoms with Gasteiger partial charge in [0.05, 0.1) is 12.1 Å². The molecule has 2 rings (SSSR count). The van der Waals surface area contributed by atoms with Gasteiger partial charge in [-0.25, -0.2) is 0 Å². The first-order chi connectivity index (χ1) is 4.41. The van der Waals surface area contributed by atoms with E-state index in [0.29, 0.717) is 5.54 Å². The Labute approximate surface area is 55.5 Å². The molecular weight excluding hydrogens is 114 g/mol. The quantitative estimate of drug-likeness (QED) is 0.528. The van der Waals surface area contributed by atoms with Crippen LogP contribution in [0, 0.1) is 0 Å². The van der Waals surface area contributed by atoms with Gasteiger partial charge in [-0.3, -0.25) is 4.84 Å². The third-order valence-corrected chi connectivity index (χ3v) is 2.45. The van der Waals surface area contributed by atoms with Crippen LogP contribution >= 0.6 is 0 Å². The summed E-state index contributed by atoms with van der Waals surface area (Å²) in [5.41, 5.74) is 3.49. The molecule has 1 spiro atoms. The van der Waals surface area contributed by atoms with Crippen molar-refractivity contribution in [2.45, 2.75) is 37.6 Å². The first-order valence-electron chi connectivity index (χ1n) is 3.80. The minimum atomic E-state index is 0.429. The molecule has 0 aromatic heterocycles. The second kappa shape index (κ2) is 1.96. The lowest BCUT2D eigenvalue weighted by atomic mass is 9.82. The van der Waals surface area contributed by atoms with Crippen LogP contribution in [0.2, 0.25) is 0 Å². The van der Waals surface area contributed by atoms with Crippen molar-refractivity contribution in [3.8, 4) is 0 Å². The third-order valence-electron chi connectivity index (χ3n) is 2.45. The number of hydroxylamine groups is 1. The molecule has 0 atom stereocenters. The van der Waals surface area contributed by atoms with Crippen LogP contribution in [0.25, 0.3) is 0 Å². The van der Waals surface area contributed by atoms with Crippen LogP contribution in [0.4, 0.5) is 0 Å². The summed E-state index contributed by atoms with van der Waals surface area (Å²) < 4.78 is 0. The van der Waals surface area contributed by atoms with Crippen molar-refractivity contribution in [2.24, 2.45) is 0 Å². The fourth-order valence-electron chi connectivity index (χ4n) is 1.75. The third kappa shape index (κ3) is 0.864. The number of nitrogens with one attached hydrogen (secondary N) is 1. The van der Waals surface area contributed by atoms with Gasteiger partial charge in [-0.1, -0.05) is 19.3 Å². The molecular formula is C7H13NO. The van der Waals surface area contributed by atoms with E-state index >= 15 is 0 Å². The fraction of sp³-hybridized carbons (Fsp3) is 1.00. The minimum Gasteiger partial charge on any atom is -0.299 e. The molecule has 2 heteroatoms. The normalized spacial score (nSPS) is 32.0. The molecule has 0 unspecified atom stereocenters. The van der Waals surface area contributed by atoms with E-state index in [9.17, 15) is 0 Å². The zero-order valence-electron chi connectivity index (χ0n) is 5.65. The van der Waals surface area contributed by atoms with Gasteiger partial charge in [0.25, 0.3) is 0 Å². The van der Waals surface area contributed by atoms with Gasteiger partial charge in [0.15, 0.2) is 0 Å². The maximum Gasteiger partial charge on any atom is 0.0886 e. The van der Waals surface area contributed by atoms with E-state index < -0.39 is 0 Å². The average Bonchev–Trinajstić information content (AvgIpc) is 1.87. The van der Waals surface area contributed by atoms with Gasteiger partial charge in [-0.15, -0.1) is 0 Å². The van der Waals surface area contributed by atoms with Crippen LogP contribution in [-0.4, -0.2) is 12.1 Å². The summed E-state index contributed by atoms with van der Waals surface area (Å²) in [5, 5.41) is 0. The maximum absolute atomic E-state index is 4.97. The lowest BCUT2D eigenvalue weighted by molar-refractivity contribution is -0.171. The van der Waals surface area contributed by atoms with Crippen molar-refractivity contribution < 1.29 is 4.84 Å². The molecule has 0 amide bonds. The van der Waals surface area contributed by atoms with Gasteiger partial charge in [0, 0.05) is 0 Å². The molecule has 1 aliphatic carbocycles. The summed E-state index contributed by atoms with van der Waals surface area (Å²) in [6.07, 6.45) is 6.84. The molecule has 1 heterocycles. The molecule has 1 saturated carbocycles. The number of rotatable bonds is 0. The minimum absolute atomic E-state index is 0.429. The molecule has 1 saturated heterocycles. The van der Waals surface area contributed by atoms with E-state index in [0.717, 1.165) is 6.61 Å². The highest BCUT2D eigenvalue weighted by Crippen LogP contribution is 2.32. The summed E-state index contributed by atoms with van der Waals surface area (Å²) in [6.45, 7) is 0.951. The van der Waals surface area contributed by atoms with E-state index in [-0.39, 0.29) is 0 Å². The summed E-state index contributed by atoms with van der Waals surface area (Å²) in [5.74, 6) is 0. The molecule has 9 heavy (non-hydrogen) atoms. The molecule has 2 fully saturated rings. The molecule has 2 aliphatic rings. The lowest BCUT2D eigenvalue weighted by Gasteiger charge is -2.44. The van der Waals surface area contributed by atoms with Crippen LogP contribution in [0.1, 0.15) is 32.1 Å². The Balaban J connectivity index is 1.93. The Hall–Kier alpha value is -0.0800. The standard InChI is InChI=1S/C7H13NO/c1-2-4-7(5-3-1)6-9-8-7/h8H,1-6H2. The predicted octanol–water partition coefficient (Wildman–Crippen LogP) is 1.22. The zero-order chi connectivity index (χ0) is 6.16. The first-order valence-corrected chi connectivity index (χ1v) is 3.80. The highest BCUT2D eigenvalue weighted by molar-refractivity contribution is 4.92. The summed E-state index contributed by atoms with van der Waals surface area (Å²) >= 11 is 0. The zero-order valence-corrected chi connectivity index (χ0v) is 5.65. The lowest BCUT2D eigenvalue weighted by Crippen LogP contribution is -2.60. The predicted molar refractivity (Wildman–Crippen MR) is 34.9 cm³/mol. The Morgan fingerprint density at radius 2 is 1.78 bits per heavy atom. The number of hydrogen-bond acceptors (Lipinski definition) is 2. The van der Waals surface area contributed by atoms with Crippen LogP contribution in [0.3, 0.4) is 0 Å². The van der Waals surface area contributed by atoms with Crippen molar-refractivity contribution >= 4 is 0 Å². The topological polar surface area (TPSA) is 21.3 Å².